The summed E-state index contributed by atoms with van der Waals surface area (Å²) in [5.74, 6) is 0.400. The van der Waals surface area contributed by atoms with E-state index < -0.39 is 9.52 Å². The lowest BCUT2D eigenvalue weighted by Crippen LogP contribution is -2.29. The molecule has 224 valence electrons. The van der Waals surface area contributed by atoms with E-state index in [2.05, 4.69) is 145 Å². The Labute approximate surface area is 260 Å². The Hall–Kier alpha value is -2.64. The van der Waals surface area contributed by atoms with Gasteiger partial charge >= 0.3 is 0 Å². The predicted molar refractivity (Wildman–Crippen MR) is 190 cm³/mol. The summed E-state index contributed by atoms with van der Waals surface area (Å²) in [6.45, 7) is 30.5. The lowest BCUT2D eigenvalue weighted by Gasteiger charge is -2.32. The van der Waals surface area contributed by atoms with Gasteiger partial charge in [0.25, 0.3) is 0 Å². The number of allylic oxidation sites excluding steroid dienone is 4. The molecule has 0 amide bonds. The minimum atomic E-state index is -0.671. The van der Waals surface area contributed by atoms with Crippen LogP contribution < -0.4 is 5.19 Å². The fourth-order valence-electron chi connectivity index (χ4n) is 7.01. The van der Waals surface area contributed by atoms with Gasteiger partial charge in [-0.05, 0) is 114 Å². The van der Waals surface area contributed by atoms with Crippen molar-refractivity contribution in [3.05, 3.63) is 116 Å². The van der Waals surface area contributed by atoms with Crippen molar-refractivity contribution in [3.8, 4) is 0 Å². The monoisotopic (exact) mass is 576 g/mol. The van der Waals surface area contributed by atoms with Crippen LogP contribution in [0.25, 0.3) is 5.57 Å². The normalized spacial score (nSPS) is 17.2. The summed E-state index contributed by atoms with van der Waals surface area (Å²) < 4.78 is 0. The molecule has 0 aromatic heterocycles. The van der Waals surface area contributed by atoms with E-state index in [-0.39, 0.29) is 10.8 Å². The third kappa shape index (κ3) is 6.78. The van der Waals surface area contributed by atoms with E-state index >= 15 is 0 Å². The third-order valence-electron chi connectivity index (χ3n) is 9.77. The SMILES string of the molecule is CCc1cc(CC)cc(C([SiH2]c2cc(C)cc(C)c2)C2C(C)=C(C)C(C)=C2c2cc(C(C)(C)C)cc(C(C)(C)C)c2)c1. The van der Waals surface area contributed by atoms with Crippen molar-refractivity contribution in [2.75, 3.05) is 0 Å². The van der Waals surface area contributed by atoms with E-state index in [0.29, 0.717) is 11.5 Å². The average Bonchev–Trinajstić information content (AvgIpc) is 3.13. The van der Waals surface area contributed by atoms with Crippen LogP contribution in [0.4, 0.5) is 0 Å². The van der Waals surface area contributed by atoms with Gasteiger partial charge in [-0.2, -0.15) is 0 Å². The first-order chi connectivity index (χ1) is 19.5. The lowest BCUT2D eigenvalue weighted by atomic mass is 9.76. The largest absolute Gasteiger partial charge is 0.0657 e. The van der Waals surface area contributed by atoms with Crippen molar-refractivity contribution in [1.82, 2.24) is 0 Å². The topological polar surface area (TPSA) is 0 Å². The highest BCUT2D eigenvalue weighted by Gasteiger charge is 2.37. The van der Waals surface area contributed by atoms with Crippen LogP contribution in [0, 0.1) is 19.8 Å². The molecule has 0 spiro atoms. The molecule has 0 saturated heterocycles. The zero-order chi connectivity index (χ0) is 31.1. The molecule has 0 aliphatic heterocycles. The minimum absolute atomic E-state index is 0.0921. The molecular formula is C41H56Si. The molecule has 3 aromatic rings. The van der Waals surface area contributed by atoms with Gasteiger partial charge in [0.2, 0.25) is 0 Å². The Morgan fingerprint density at radius 1 is 0.619 bits per heavy atom. The second-order valence-corrected chi connectivity index (χ2v) is 17.3. The number of rotatable bonds is 7. The van der Waals surface area contributed by atoms with E-state index in [1.807, 2.05) is 0 Å². The Kier molecular flexibility index (Phi) is 9.34. The van der Waals surface area contributed by atoms with E-state index in [1.165, 1.54) is 50.1 Å². The highest BCUT2D eigenvalue weighted by atomic mass is 28.2. The van der Waals surface area contributed by atoms with Gasteiger partial charge in [-0.25, -0.2) is 0 Å². The first-order valence-electron chi connectivity index (χ1n) is 16.3. The summed E-state index contributed by atoms with van der Waals surface area (Å²) >= 11 is 0. The van der Waals surface area contributed by atoms with Crippen LogP contribution in [0.2, 0.25) is 0 Å². The Bertz CT molecular complexity index is 1460. The molecule has 1 aliphatic carbocycles. The highest BCUT2D eigenvalue weighted by molar-refractivity contribution is 6.55. The maximum atomic E-state index is 2.56. The minimum Gasteiger partial charge on any atom is -0.0657 e. The quantitative estimate of drug-likeness (QED) is 0.246. The maximum Gasteiger partial charge on any atom is 0.0636 e. The van der Waals surface area contributed by atoms with Crippen molar-refractivity contribution < 1.29 is 0 Å². The average molecular weight is 577 g/mol. The van der Waals surface area contributed by atoms with Gasteiger partial charge in [0.1, 0.15) is 0 Å². The summed E-state index contributed by atoms with van der Waals surface area (Å²) in [5, 5.41) is 1.59. The molecule has 3 aromatic carbocycles. The summed E-state index contributed by atoms with van der Waals surface area (Å²) in [5.41, 5.74) is 18.4. The van der Waals surface area contributed by atoms with Crippen LogP contribution in [0.15, 0.2) is 71.3 Å². The van der Waals surface area contributed by atoms with Gasteiger partial charge in [-0.3, -0.25) is 0 Å². The van der Waals surface area contributed by atoms with Gasteiger partial charge in [0, 0.05) is 5.92 Å². The second kappa shape index (κ2) is 12.2. The van der Waals surface area contributed by atoms with Crippen LogP contribution in [-0.4, -0.2) is 9.52 Å². The molecule has 1 aliphatic rings. The Morgan fingerprint density at radius 3 is 1.57 bits per heavy atom. The first-order valence-corrected chi connectivity index (χ1v) is 17.8. The molecule has 0 saturated carbocycles. The van der Waals surface area contributed by atoms with Crippen LogP contribution in [-0.2, 0) is 23.7 Å². The third-order valence-corrected chi connectivity index (χ3v) is 12.0. The summed E-state index contributed by atoms with van der Waals surface area (Å²) in [7, 11) is -0.671. The molecule has 0 fully saturated rings. The van der Waals surface area contributed by atoms with Crippen LogP contribution in [0.1, 0.15) is 126 Å². The van der Waals surface area contributed by atoms with Crippen molar-refractivity contribution in [2.24, 2.45) is 5.92 Å². The number of hydrogen-bond acceptors (Lipinski definition) is 0. The van der Waals surface area contributed by atoms with Gasteiger partial charge in [0.15, 0.2) is 0 Å². The summed E-state index contributed by atoms with van der Waals surface area (Å²) in [6, 6.07) is 22.4. The van der Waals surface area contributed by atoms with Crippen LogP contribution >= 0.6 is 0 Å². The Morgan fingerprint density at radius 2 is 1.12 bits per heavy atom. The maximum absolute atomic E-state index is 2.56. The van der Waals surface area contributed by atoms with Gasteiger partial charge in [0.05, 0.1) is 9.52 Å². The van der Waals surface area contributed by atoms with E-state index in [4.69, 9.17) is 0 Å². The fourth-order valence-corrected chi connectivity index (χ4v) is 9.70. The van der Waals surface area contributed by atoms with E-state index in [9.17, 15) is 0 Å². The molecule has 4 rings (SSSR count). The van der Waals surface area contributed by atoms with E-state index in [0.717, 1.165) is 12.8 Å². The molecule has 1 heteroatoms. The summed E-state index contributed by atoms with van der Waals surface area (Å²) in [4.78, 5) is 0. The van der Waals surface area contributed by atoms with Gasteiger partial charge < -0.3 is 0 Å². The smallest absolute Gasteiger partial charge is 0.0636 e. The zero-order valence-electron chi connectivity index (χ0n) is 29.0. The number of aryl methyl sites for hydroxylation is 4. The molecular weight excluding hydrogens is 521 g/mol. The van der Waals surface area contributed by atoms with E-state index in [1.54, 1.807) is 21.9 Å². The van der Waals surface area contributed by atoms with Crippen LogP contribution in [0.3, 0.4) is 0 Å². The number of hydrogen-bond donors (Lipinski definition) is 0. The first kappa shape index (κ1) is 32.3. The highest BCUT2D eigenvalue weighted by Crippen LogP contribution is 2.50. The van der Waals surface area contributed by atoms with Crippen molar-refractivity contribution in [3.63, 3.8) is 0 Å². The predicted octanol–water partition coefficient (Wildman–Crippen LogP) is 10.00. The molecule has 0 radical (unpaired) electrons. The molecule has 0 nitrogen and oxygen atoms in total. The number of benzene rings is 3. The lowest BCUT2D eigenvalue weighted by molar-refractivity contribution is 0.568. The van der Waals surface area contributed by atoms with Crippen molar-refractivity contribution in [2.45, 2.75) is 119 Å². The second-order valence-electron chi connectivity index (χ2n) is 15.2. The van der Waals surface area contributed by atoms with Gasteiger partial charge in [-0.15, -0.1) is 0 Å². The molecule has 2 unspecified atom stereocenters. The van der Waals surface area contributed by atoms with Crippen LogP contribution in [0.5, 0.6) is 0 Å². The summed E-state index contributed by atoms with van der Waals surface area (Å²) in [6.07, 6.45) is 2.17. The molecule has 2 atom stereocenters. The molecule has 0 heterocycles. The fraction of sp³-hybridized carbons (Fsp3) is 0.463. The molecule has 42 heavy (non-hydrogen) atoms. The van der Waals surface area contributed by atoms with Gasteiger partial charge in [-0.1, -0.05) is 132 Å². The molecule has 0 bridgehead atoms. The van der Waals surface area contributed by atoms with Crippen molar-refractivity contribution >= 4 is 20.3 Å². The van der Waals surface area contributed by atoms with Crippen molar-refractivity contribution in [1.29, 1.82) is 0 Å². The zero-order valence-corrected chi connectivity index (χ0v) is 30.4. The standard InChI is InChI=1S/C41H56Si/c1-14-30-19-31(15-2)21-33(20-30)39(42-36-17-25(3)16-26(4)18-36)38-29(7)27(5)28(6)37(38)32-22-34(40(8,9)10)24-35(23-32)41(11,12)13/h16-24,38-39H,14-15,42H2,1-13H3. The molecule has 0 N–H and O–H groups in total. The Balaban J connectivity index is 2.00.